The van der Waals surface area contributed by atoms with Crippen LogP contribution in [0.2, 0.25) is 0 Å². The molecule has 2 N–H and O–H groups in total. The second-order valence-electron chi connectivity index (χ2n) is 4.56. The summed E-state index contributed by atoms with van der Waals surface area (Å²) >= 11 is 0. The SMILES string of the molecule is C=Cc1ccc(NC(=O)NS(=O)(=O)c2ccc(OC)cc2)cc1. The zero-order valence-corrected chi connectivity index (χ0v) is 13.3. The van der Waals surface area contributed by atoms with Crippen LogP contribution >= 0.6 is 0 Å². The summed E-state index contributed by atoms with van der Waals surface area (Å²) in [6.07, 6.45) is 1.66. The van der Waals surface area contributed by atoms with E-state index in [1.54, 1.807) is 30.3 Å². The van der Waals surface area contributed by atoms with Gasteiger partial charge in [-0.1, -0.05) is 24.8 Å². The van der Waals surface area contributed by atoms with Gasteiger partial charge in [-0.25, -0.2) is 17.9 Å². The van der Waals surface area contributed by atoms with Gasteiger partial charge in [0.15, 0.2) is 0 Å². The molecule has 6 nitrogen and oxygen atoms in total. The molecule has 0 unspecified atom stereocenters. The number of ether oxygens (including phenoxy) is 1. The van der Waals surface area contributed by atoms with Gasteiger partial charge in [-0.15, -0.1) is 0 Å². The molecule has 2 rings (SSSR count). The molecule has 0 atom stereocenters. The van der Waals surface area contributed by atoms with Crippen molar-refractivity contribution in [2.45, 2.75) is 4.90 Å². The van der Waals surface area contributed by atoms with Gasteiger partial charge in [-0.05, 0) is 42.0 Å². The minimum absolute atomic E-state index is 0.0320. The Kier molecular flexibility index (Phi) is 5.02. The average molecular weight is 332 g/mol. The third kappa shape index (κ3) is 4.33. The fourth-order valence-electron chi connectivity index (χ4n) is 1.79. The van der Waals surface area contributed by atoms with E-state index in [1.165, 1.54) is 31.4 Å². The molecule has 0 saturated heterocycles. The number of anilines is 1. The van der Waals surface area contributed by atoms with E-state index in [0.29, 0.717) is 11.4 Å². The Bertz CT molecular complexity index is 797. The van der Waals surface area contributed by atoms with Gasteiger partial charge in [0.2, 0.25) is 0 Å². The molecule has 0 fully saturated rings. The smallest absolute Gasteiger partial charge is 0.333 e. The van der Waals surface area contributed by atoms with Crippen LogP contribution in [0.1, 0.15) is 5.56 Å². The highest BCUT2D eigenvalue weighted by Gasteiger charge is 2.17. The molecule has 0 radical (unpaired) electrons. The highest BCUT2D eigenvalue weighted by molar-refractivity contribution is 7.90. The Hall–Kier alpha value is -2.80. The van der Waals surface area contributed by atoms with Crippen molar-refractivity contribution < 1.29 is 17.9 Å². The zero-order chi connectivity index (χ0) is 16.9. The van der Waals surface area contributed by atoms with Crippen LogP contribution in [0.3, 0.4) is 0 Å². The number of amides is 2. The van der Waals surface area contributed by atoms with Gasteiger partial charge >= 0.3 is 6.03 Å². The van der Waals surface area contributed by atoms with Crippen LogP contribution in [-0.4, -0.2) is 21.6 Å². The van der Waals surface area contributed by atoms with E-state index in [0.717, 1.165) is 5.56 Å². The second kappa shape index (κ2) is 6.97. The molecule has 2 amide bonds. The fourth-order valence-corrected chi connectivity index (χ4v) is 2.70. The van der Waals surface area contributed by atoms with E-state index < -0.39 is 16.1 Å². The maximum absolute atomic E-state index is 12.1. The summed E-state index contributed by atoms with van der Waals surface area (Å²) in [4.78, 5) is 11.8. The molecule has 120 valence electrons. The third-order valence-electron chi connectivity index (χ3n) is 3.00. The van der Waals surface area contributed by atoms with Crippen molar-refractivity contribution in [3.63, 3.8) is 0 Å². The topological polar surface area (TPSA) is 84.5 Å². The summed E-state index contributed by atoms with van der Waals surface area (Å²) in [5, 5.41) is 2.45. The van der Waals surface area contributed by atoms with Crippen LogP contribution in [0, 0.1) is 0 Å². The summed E-state index contributed by atoms with van der Waals surface area (Å²) < 4.78 is 31.1. The van der Waals surface area contributed by atoms with Gasteiger partial charge in [0, 0.05) is 5.69 Å². The largest absolute Gasteiger partial charge is 0.497 e. The van der Waals surface area contributed by atoms with Gasteiger partial charge < -0.3 is 10.1 Å². The van der Waals surface area contributed by atoms with E-state index in [9.17, 15) is 13.2 Å². The molecule has 7 heteroatoms. The minimum atomic E-state index is -3.95. The fraction of sp³-hybridized carbons (Fsp3) is 0.0625. The van der Waals surface area contributed by atoms with Crippen molar-refractivity contribution >= 4 is 27.8 Å². The monoisotopic (exact) mass is 332 g/mol. The summed E-state index contributed by atoms with van der Waals surface area (Å²) in [5.74, 6) is 0.524. The molecular formula is C16H16N2O4S. The minimum Gasteiger partial charge on any atom is -0.497 e. The molecule has 0 aliphatic carbocycles. The van der Waals surface area contributed by atoms with Crippen LogP contribution in [0.15, 0.2) is 60.0 Å². The molecule has 0 bridgehead atoms. The zero-order valence-electron chi connectivity index (χ0n) is 12.4. The summed E-state index contributed by atoms with van der Waals surface area (Å²) in [5.41, 5.74) is 1.36. The number of hydrogen-bond acceptors (Lipinski definition) is 4. The van der Waals surface area contributed by atoms with Gasteiger partial charge in [0.1, 0.15) is 5.75 Å². The van der Waals surface area contributed by atoms with E-state index in [1.807, 2.05) is 4.72 Å². The second-order valence-corrected chi connectivity index (χ2v) is 6.24. The van der Waals surface area contributed by atoms with Gasteiger partial charge in [0.25, 0.3) is 10.0 Å². The molecule has 23 heavy (non-hydrogen) atoms. The number of rotatable bonds is 5. The Morgan fingerprint density at radius 2 is 1.70 bits per heavy atom. The quantitative estimate of drug-likeness (QED) is 0.882. The van der Waals surface area contributed by atoms with Crippen molar-refractivity contribution in [3.05, 3.63) is 60.7 Å². The highest BCUT2D eigenvalue weighted by atomic mass is 32.2. The summed E-state index contributed by atoms with van der Waals surface area (Å²) in [7, 11) is -2.47. The molecular weight excluding hydrogens is 316 g/mol. The van der Waals surface area contributed by atoms with Crippen molar-refractivity contribution in [3.8, 4) is 5.75 Å². The number of nitrogens with one attached hydrogen (secondary N) is 2. The van der Waals surface area contributed by atoms with Crippen molar-refractivity contribution in [2.75, 3.05) is 12.4 Å². The summed E-state index contributed by atoms with van der Waals surface area (Å²) in [6, 6.07) is 11.7. The lowest BCUT2D eigenvalue weighted by Crippen LogP contribution is -2.34. The number of benzene rings is 2. The van der Waals surface area contributed by atoms with Gasteiger partial charge in [-0.2, -0.15) is 0 Å². The van der Waals surface area contributed by atoms with Crippen molar-refractivity contribution in [1.82, 2.24) is 4.72 Å². The molecule has 0 spiro atoms. The van der Waals surface area contributed by atoms with Gasteiger partial charge in [-0.3, -0.25) is 0 Å². The van der Waals surface area contributed by atoms with Crippen LogP contribution in [-0.2, 0) is 10.0 Å². The summed E-state index contributed by atoms with van der Waals surface area (Å²) in [6.45, 7) is 3.63. The Morgan fingerprint density at radius 3 is 2.22 bits per heavy atom. The van der Waals surface area contributed by atoms with E-state index in [-0.39, 0.29) is 4.90 Å². The molecule has 0 saturated carbocycles. The number of sulfonamides is 1. The lowest BCUT2D eigenvalue weighted by atomic mass is 10.2. The highest BCUT2D eigenvalue weighted by Crippen LogP contribution is 2.15. The standard InChI is InChI=1S/C16H16N2O4S/c1-3-12-4-6-13(7-5-12)17-16(19)18-23(20,21)15-10-8-14(22-2)9-11-15/h3-11H,1H2,2H3,(H2,17,18,19). The third-order valence-corrected chi connectivity index (χ3v) is 4.35. The Morgan fingerprint density at radius 1 is 1.09 bits per heavy atom. The van der Waals surface area contributed by atoms with Crippen molar-refractivity contribution in [1.29, 1.82) is 0 Å². The molecule has 0 heterocycles. The lowest BCUT2D eigenvalue weighted by Gasteiger charge is -2.09. The number of urea groups is 1. The first-order valence-corrected chi connectivity index (χ1v) is 8.13. The first kappa shape index (κ1) is 16.6. The first-order chi connectivity index (χ1) is 10.9. The molecule has 0 aromatic heterocycles. The normalized spacial score (nSPS) is 10.7. The Labute approximate surface area is 134 Å². The van der Waals surface area contributed by atoms with Crippen LogP contribution in [0.25, 0.3) is 6.08 Å². The number of carbonyl (C=O) groups is 1. The number of hydrogen-bond donors (Lipinski definition) is 2. The predicted molar refractivity (Wildman–Crippen MR) is 88.9 cm³/mol. The molecule has 0 aliphatic heterocycles. The number of carbonyl (C=O) groups excluding carboxylic acids is 1. The molecule has 2 aromatic rings. The number of methoxy groups -OCH3 is 1. The van der Waals surface area contributed by atoms with Crippen LogP contribution in [0.5, 0.6) is 5.75 Å². The first-order valence-electron chi connectivity index (χ1n) is 6.65. The van der Waals surface area contributed by atoms with Crippen molar-refractivity contribution in [2.24, 2.45) is 0 Å². The maximum Gasteiger partial charge on any atom is 0.333 e. The average Bonchev–Trinajstić information content (AvgIpc) is 2.55. The lowest BCUT2D eigenvalue weighted by molar-refractivity contribution is 0.256. The van der Waals surface area contributed by atoms with E-state index >= 15 is 0 Å². The molecule has 2 aromatic carbocycles. The van der Waals surface area contributed by atoms with Crippen LogP contribution in [0.4, 0.5) is 10.5 Å². The predicted octanol–water partition coefficient (Wildman–Crippen LogP) is 2.85. The Balaban J connectivity index is 2.06. The van der Waals surface area contributed by atoms with Crippen LogP contribution < -0.4 is 14.8 Å². The van der Waals surface area contributed by atoms with E-state index in [4.69, 9.17) is 4.74 Å². The molecule has 0 aliphatic rings. The van der Waals surface area contributed by atoms with Gasteiger partial charge in [0.05, 0.1) is 12.0 Å². The maximum atomic E-state index is 12.1. The van der Waals surface area contributed by atoms with E-state index in [2.05, 4.69) is 11.9 Å².